The van der Waals surface area contributed by atoms with Crippen LogP contribution in [0.2, 0.25) is 0 Å². The predicted molar refractivity (Wildman–Crippen MR) is 68.0 cm³/mol. The fourth-order valence-corrected chi connectivity index (χ4v) is 3.06. The Hall–Kier alpha value is -0.160. The normalized spacial score (nSPS) is 30.2. The van der Waals surface area contributed by atoms with Crippen LogP contribution >= 0.6 is 0 Å². The summed E-state index contributed by atoms with van der Waals surface area (Å²) >= 11 is 0. The number of rotatable bonds is 6. The molecule has 4 heteroatoms. The molecule has 1 heterocycles. The third kappa shape index (κ3) is 2.65. The molecule has 0 aromatic carbocycles. The molecule has 2 unspecified atom stereocenters. The zero-order chi connectivity index (χ0) is 12.3. The Morgan fingerprint density at radius 1 is 1.47 bits per heavy atom. The summed E-state index contributed by atoms with van der Waals surface area (Å²) in [7, 11) is 1.78. The zero-order valence-electron chi connectivity index (χ0n) is 11.2. The van der Waals surface area contributed by atoms with Crippen molar-refractivity contribution in [1.29, 1.82) is 0 Å². The number of nitrogens with two attached hydrogens (primary N) is 1. The second kappa shape index (κ2) is 5.65. The van der Waals surface area contributed by atoms with Crippen molar-refractivity contribution in [2.75, 3.05) is 40.0 Å². The maximum atomic E-state index is 6.09. The SMILES string of the molecule is CCC1CN(C(CN)(COC)C2CC2)CCO1. The van der Waals surface area contributed by atoms with Crippen LogP contribution in [-0.4, -0.2) is 56.5 Å². The van der Waals surface area contributed by atoms with Crippen LogP contribution in [-0.2, 0) is 9.47 Å². The fraction of sp³-hybridized carbons (Fsp3) is 1.00. The van der Waals surface area contributed by atoms with E-state index >= 15 is 0 Å². The molecule has 4 nitrogen and oxygen atoms in total. The van der Waals surface area contributed by atoms with Crippen LogP contribution in [0.25, 0.3) is 0 Å². The number of hydrogen-bond donors (Lipinski definition) is 1. The van der Waals surface area contributed by atoms with Crippen LogP contribution in [0.1, 0.15) is 26.2 Å². The first-order valence-corrected chi connectivity index (χ1v) is 6.82. The summed E-state index contributed by atoms with van der Waals surface area (Å²) in [6, 6.07) is 0. The van der Waals surface area contributed by atoms with Gasteiger partial charge in [0.25, 0.3) is 0 Å². The van der Waals surface area contributed by atoms with Gasteiger partial charge < -0.3 is 15.2 Å². The molecule has 0 aromatic rings. The van der Waals surface area contributed by atoms with Gasteiger partial charge in [-0.2, -0.15) is 0 Å². The van der Waals surface area contributed by atoms with Gasteiger partial charge in [-0.05, 0) is 25.2 Å². The molecule has 2 atom stereocenters. The van der Waals surface area contributed by atoms with Crippen molar-refractivity contribution in [1.82, 2.24) is 4.90 Å². The van der Waals surface area contributed by atoms with Gasteiger partial charge in [-0.3, -0.25) is 4.90 Å². The van der Waals surface area contributed by atoms with Crippen molar-refractivity contribution in [2.24, 2.45) is 11.7 Å². The highest BCUT2D eigenvalue weighted by molar-refractivity contribution is 5.04. The number of morpholine rings is 1. The van der Waals surface area contributed by atoms with Crippen molar-refractivity contribution in [3.63, 3.8) is 0 Å². The largest absolute Gasteiger partial charge is 0.383 e. The Balaban J connectivity index is 2.08. The third-order valence-electron chi connectivity index (χ3n) is 4.31. The lowest BCUT2D eigenvalue weighted by molar-refractivity contribution is -0.0930. The summed E-state index contributed by atoms with van der Waals surface area (Å²) in [6.07, 6.45) is 4.04. The molecule has 2 fully saturated rings. The molecule has 0 amide bonds. The highest BCUT2D eigenvalue weighted by Gasteiger charge is 2.49. The average molecular weight is 242 g/mol. The summed E-state index contributed by atoms with van der Waals surface area (Å²) in [5.74, 6) is 0.725. The van der Waals surface area contributed by atoms with Gasteiger partial charge in [-0.25, -0.2) is 0 Å². The van der Waals surface area contributed by atoms with E-state index < -0.39 is 0 Å². The molecule has 2 rings (SSSR count). The molecular weight excluding hydrogens is 216 g/mol. The Labute approximate surface area is 104 Å². The van der Waals surface area contributed by atoms with Crippen LogP contribution < -0.4 is 5.73 Å². The summed E-state index contributed by atoms with van der Waals surface area (Å²) in [6.45, 7) is 6.47. The standard InChI is InChI=1S/C13H26N2O2/c1-3-12-8-15(6-7-17-12)13(9-14,10-16-2)11-4-5-11/h11-12H,3-10,14H2,1-2H3. The Bertz CT molecular complexity index is 246. The van der Waals surface area contributed by atoms with Crippen molar-refractivity contribution in [3.8, 4) is 0 Å². The highest BCUT2D eigenvalue weighted by atomic mass is 16.5. The van der Waals surface area contributed by atoms with Gasteiger partial charge in [0.2, 0.25) is 0 Å². The van der Waals surface area contributed by atoms with Crippen LogP contribution in [0.4, 0.5) is 0 Å². The molecule has 2 N–H and O–H groups in total. The van der Waals surface area contributed by atoms with E-state index in [0.717, 1.165) is 38.6 Å². The predicted octanol–water partition coefficient (Wildman–Crippen LogP) is 0.851. The molecule has 17 heavy (non-hydrogen) atoms. The molecule has 2 aliphatic rings. The minimum absolute atomic E-state index is 0.0615. The monoisotopic (exact) mass is 242 g/mol. The van der Waals surface area contributed by atoms with Crippen LogP contribution in [0, 0.1) is 5.92 Å². The Kier molecular flexibility index (Phi) is 4.42. The summed E-state index contributed by atoms with van der Waals surface area (Å²) in [5.41, 5.74) is 6.15. The smallest absolute Gasteiger partial charge is 0.0700 e. The van der Waals surface area contributed by atoms with Crippen LogP contribution in [0.15, 0.2) is 0 Å². The molecule has 1 saturated heterocycles. The molecule has 1 saturated carbocycles. The molecule has 1 aliphatic heterocycles. The van der Waals surface area contributed by atoms with E-state index in [0.29, 0.717) is 12.6 Å². The van der Waals surface area contributed by atoms with Crippen molar-refractivity contribution in [3.05, 3.63) is 0 Å². The quantitative estimate of drug-likeness (QED) is 0.750. The molecular formula is C13H26N2O2. The van der Waals surface area contributed by atoms with Crippen molar-refractivity contribution >= 4 is 0 Å². The minimum Gasteiger partial charge on any atom is -0.383 e. The Morgan fingerprint density at radius 3 is 2.76 bits per heavy atom. The van der Waals surface area contributed by atoms with Gasteiger partial charge in [0.05, 0.1) is 24.9 Å². The molecule has 0 aromatic heterocycles. The summed E-state index contributed by atoms with van der Waals surface area (Å²) in [4.78, 5) is 2.53. The van der Waals surface area contributed by atoms with Crippen molar-refractivity contribution < 1.29 is 9.47 Å². The van der Waals surface area contributed by atoms with E-state index in [-0.39, 0.29) is 5.54 Å². The molecule has 0 spiro atoms. The first-order valence-electron chi connectivity index (χ1n) is 6.82. The maximum Gasteiger partial charge on any atom is 0.0700 e. The van der Waals surface area contributed by atoms with E-state index in [1.165, 1.54) is 12.8 Å². The van der Waals surface area contributed by atoms with E-state index in [2.05, 4.69) is 11.8 Å². The summed E-state index contributed by atoms with van der Waals surface area (Å²) < 4.78 is 11.2. The summed E-state index contributed by atoms with van der Waals surface area (Å²) in [5, 5.41) is 0. The molecule has 0 radical (unpaired) electrons. The zero-order valence-corrected chi connectivity index (χ0v) is 11.2. The van der Waals surface area contributed by atoms with Gasteiger partial charge in [0.1, 0.15) is 0 Å². The Morgan fingerprint density at radius 2 is 2.24 bits per heavy atom. The fourth-order valence-electron chi connectivity index (χ4n) is 3.06. The maximum absolute atomic E-state index is 6.09. The lowest BCUT2D eigenvalue weighted by atomic mass is 9.90. The average Bonchev–Trinajstić information content (AvgIpc) is 3.21. The van der Waals surface area contributed by atoms with Crippen molar-refractivity contribution in [2.45, 2.75) is 37.8 Å². The van der Waals surface area contributed by atoms with Gasteiger partial charge >= 0.3 is 0 Å². The van der Waals surface area contributed by atoms with E-state index in [9.17, 15) is 0 Å². The molecule has 0 bridgehead atoms. The topological polar surface area (TPSA) is 47.7 Å². The van der Waals surface area contributed by atoms with Gasteiger partial charge in [-0.15, -0.1) is 0 Å². The lowest BCUT2D eigenvalue weighted by Gasteiger charge is -2.47. The molecule has 1 aliphatic carbocycles. The van der Waals surface area contributed by atoms with E-state index in [1.54, 1.807) is 7.11 Å². The highest BCUT2D eigenvalue weighted by Crippen LogP contribution is 2.43. The minimum atomic E-state index is 0.0615. The second-order valence-electron chi connectivity index (χ2n) is 5.36. The molecule has 100 valence electrons. The van der Waals surface area contributed by atoms with Gasteiger partial charge in [0, 0.05) is 26.7 Å². The van der Waals surface area contributed by atoms with Gasteiger partial charge in [-0.1, -0.05) is 6.92 Å². The van der Waals surface area contributed by atoms with E-state index in [4.69, 9.17) is 15.2 Å². The number of nitrogens with zero attached hydrogens (tertiary/aromatic N) is 1. The first-order chi connectivity index (χ1) is 8.26. The lowest BCUT2D eigenvalue weighted by Crippen LogP contribution is -2.62. The third-order valence-corrected chi connectivity index (χ3v) is 4.31. The number of ether oxygens (including phenoxy) is 2. The first kappa shape index (κ1) is 13.3. The van der Waals surface area contributed by atoms with Crippen LogP contribution in [0.3, 0.4) is 0 Å². The second-order valence-corrected chi connectivity index (χ2v) is 5.36. The number of methoxy groups -OCH3 is 1. The number of hydrogen-bond acceptors (Lipinski definition) is 4. The van der Waals surface area contributed by atoms with E-state index in [1.807, 2.05) is 0 Å². The van der Waals surface area contributed by atoms with Gasteiger partial charge in [0.15, 0.2) is 0 Å². The van der Waals surface area contributed by atoms with Crippen LogP contribution in [0.5, 0.6) is 0 Å².